The van der Waals surface area contributed by atoms with E-state index in [9.17, 15) is 58.2 Å². The van der Waals surface area contributed by atoms with Crippen LogP contribution >= 0.6 is 0 Å². The lowest BCUT2D eigenvalue weighted by Crippen LogP contribution is -2.66. The van der Waals surface area contributed by atoms with Crippen molar-refractivity contribution >= 4 is 58.9 Å². The largest absolute Gasteiger partial charge is 0.395 e. The number of nitrogens with zero attached hydrogens (tertiary/aromatic N) is 2. The molecule has 0 radical (unpaired) electrons. The number of aliphatic hydroxyl groups is 2. The second kappa shape index (κ2) is 37.2. The van der Waals surface area contributed by atoms with E-state index in [1.54, 1.807) is 55.5 Å². The lowest BCUT2D eigenvalue weighted by Gasteiger charge is -2.35. The van der Waals surface area contributed by atoms with E-state index in [1.165, 1.54) is 39.5 Å². The highest BCUT2D eigenvalue weighted by Crippen LogP contribution is 2.23. The van der Waals surface area contributed by atoms with Gasteiger partial charge in [0.05, 0.1) is 18.8 Å². The molecule has 0 spiro atoms. The van der Waals surface area contributed by atoms with Crippen molar-refractivity contribution < 1.29 is 58.2 Å². The Kier molecular flexibility index (Phi) is 34.0. The Labute approximate surface area is 496 Å². The number of unbranched alkanes of at least 4 members (excludes halogenated alkanes) is 5. The lowest BCUT2D eigenvalue weighted by atomic mass is 9.92. The van der Waals surface area contributed by atoms with Crippen molar-refractivity contribution in [2.45, 2.75) is 266 Å². The second-order valence-electron chi connectivity index (χ2n) is 25.0. The minimum Gasteiger partial charge on any atom is -0.395 e. The van der Waals surface area contributed by atoms with E-state index in [2.05, 4.69) is 49.5 Å². The van der Waals surface area contributed by atoms with Gasteiger partial charge in [-0.2, -0.15) is 0 Å². The van der Waals surface area contributed by atoms with Gasteiger partial charge in [-0.15, -0.1) is 0 Å². The summed E-state index contributed by atoms with van der Waals surface area (Å²) in [5, 5.41) is 42.1. The van der Waals surface area contributed by atoms with Crippen LogP contribution in [0.5, 0.6) is 0 Å². The number of hydrogen-bond acceptors (Lipinski definition) is 14. The topological polar surface area (TPSA) is 340 Å². The molecule has 1 fully saturated rings. The molecule has 12 atom stereocenters. The van der Waals surface area contributed by atoms with Gasteiger partial charge in [-0.25, -0.2) is 0 Å². The summed E-state index contributed by atoms with van der Waals surface area (Å²) in [5.74, 6) is -7.60. The SMILES string of the molecule is CCCCCCCC[C@H](N)C(=O)N1CCC[C@H]1C(=O)N[C@@H](CC(C)CC(O)CC(=O)CC)C(=O)N[C@@H](C)C(=O)N[C@H](C(=O)N[C@H](C(=O)N[C@H](C(=O)NC(C)(C)C(=O)NC(C)(C)C(=O)NC(C)CN(C)CCO)[C@@H](C)CC)[C@@H](C)CC)C(C)C. The van der Waals surface area contributed by atoms with Crippen LogP contribution in [-0.2, 0) is 47.9 Å². The molecule has 23 heteroatoms. The van der Waals surface area contributed by atoms with Crippen LogP contribution < -0.4 is 48.3 Å². The van der Waals surface area contributed by atoms with Crippen LogP contribution in [0, 0.1) is 23.7 Å². The molecule has 478 valence electrons. The smallest absolute Gasteiger partial charge is 0.246 e. The maximum absolute atomic E-state index is 14.3. The predicted octanol–water partition coefficient (Wildman–Crippen LogP) is 2.61. The standard InChI is InChI=1S/C60H111N11O12/c1-17-21-22-23-24-25-27-44(61)56(81)71-29-26-28-46(71)52(77)64-45(33-37(7)32-43(74)34-42(73)20-4)51(76)63-41(11)50(75)65-47(36(5)6)53(78)66-48(38(8)18-2)54(79)67-49(39(9)19-3)55(80)68-60(14,15)58(83)69-59(12,13)57(82)62-40(10)35-70(16)30-31-72/h36-41,43-49,72,74H,17-35,61H2,1-16H3,(H,62,82)(H,63,76)(H,64,77)(H,65,75)(H,66,78)(H,67,79)(H,68,80)(H,69,83)/t37?,38-,39-,40?,41-,43?,44-,45-,46-,47-,48-,49-/m0/s1. The maximum atomic E-state index is 14.3. The molecule has 0 aromatic heterocycles. The molecule has 0 bridgehead atoms. The predicted molar refractivity (Wildman–Crippen MR) is 321 cm³/mol. The number of nitrogens with two attached hydrogens (primary N) is 1. The Morgan fingerprint density at radius 2 is 1.19 bits per heavy atom. The summed E-state index contributed by atoms with van der Waals surface area (Å²) in [7, 11) is 1.80. The molecule has 0 aliphatic carbocycles. The number of ketones is 1. The minimum absolute atomic E-state index is 0.00869. The summed E-state index contributed by atoms with van der Waals surface area (Å²) in [6.45, 7) is 26.5. The molecule has 1 saturated heterocycles. The zero-order valence-corrected chi connectivity index (χ0v) is 53.4. The Hall–Kier alpha value is -5.26. The molecule has 1 aliphatic rings. The fourth-order valence-electron chi connectivity index (χ4n) is 9.94. The summed E-state index contributed by atoms with van der Waals surface area (Å²) < 4.78 is 0. The summed E-state index contributed by atoms with van der Waals surface area (Å²) in [5.41, 5.74) is 3.40. The first-order valence-electron chi connectivity index (χ1n) is 30.7. The quantitative estimate of drug-likeness (QED) is 0.0393. The van der Waals surface area contributed by atoms with Crippen molar-refractivity contribution in [3.8, 4) is 0 Å². The monoisotopic (exact) mass is 1180 g/mol. The van der Waals surface area contributed by atoms with Crippen LogP contribution in [0.25, 0.3) is 0 Å². The fraction of sp³-hybridized carbons (Fsp3) is 0.833. The van der Waals surface area contributed by atoms with Gasteiger partial charge in [0.1, 0.15) is 53.1 Å². The van der Waals surface area contributed by atoms with Crippen LogP contribution in [0.2, 0.25) is 0 Å². The summed E-state index contributed by atoms with van der Waals surface area (Å²) >= 11 is 0. The van der Waals surface area contributed by atoms with E-state index in [0.29, 0.717) is 51.7 Å². The molecule has 0 aromatic carbocycles. The summed E-state index contributed by atoms with van der Waals surface area (Å²) in [4.78, 5) is 141. The molecule has 0 saturated carbocycles. The average molecular weight is 1180 g/mol. The molecule has 1 rings (SSSR count). The molecule has 1 aliphatic heterocycles. The van der Waals surface area contributed by atoms with Gasteiger partial charge in [0.15, 0.2) is 0 Å². The number of amides is 9. The van der Waals surface area contributed by atoms with Crippen LogP contribution in [0.15, 0.2) is 0 Å². The van der Waals surface area contributed by atoms with E-state index >= 15 is 0 Å². The van der Waals surface area contributed by atoms with E-state index in [0.717, 1.165) is 38.5 Å². The van der Waals surface area contributed by atoms with Crippen molar-refractivity contribution in [1.29, 1.82) is 0 Å². The first kappa shape index (κ1) is 75.8. The van der Waals surface area contributed by atoms with Crippen LogP contribution in [0.3, 0.4) is 0 Å². The number of Topliss-reactive ketones (excluding diaryl/α,β-unsaturated/α-hetero) is 1. The molecular formula is C60H111N11O12. The number of likely N-dealkylation sites (N-methyl/N-ethyl adjacent to an activating group) is 1. The third kappa shape index (κ3) is 26.3. The van der Waals surface area contributed by atoms with Gasteiger partial charge in [0.25, 0.3) is 0 Å². The van der Waals surface area contributed by atoms with E-state index in [1.807, 2.05) is 18.7 Å². The van der Waals surface area contributed by atoms with Gasteiger partial charge in [-0.05, 0) is 104 Å². The maximum Gasteiger partial charge on any atom is 0.246 e. The molecule has 23 nitrogen and oxygen atoms in total. The fourth-order valence-corrected chi connectivity index (χ4v) is 9.94. The zero-order chi connectivity index (χ0) is 63.5. The number of rotatable bonds is 40. The number of carbonyl (C=O) groups is 10. The van der Waals surface area contributed by atoms with Crippen LogP contribution in [0.4, 0.5) is 0 Å². The van der Waals surface area contributed by atoms with Crippen LogP contribution in [0.1, 0.15) is 200 Å². The van der Waals surface area contributed by atoms with Gasteiger partial charge in [-0.3, -0.25) is 47.9 Å². The van der Waals surface area contributed by atoms with Crippen LogP contribution in [-0.4, -0.2) is 178 Å². The highest BCUT2D eigenvalue weighted by molar-refractivity contribution is 5.99. The Morgan fingerprint density at radius 1 is 0.651 bits per heavy atom. The van der Waals surface area contributed by atoms with Gasteiger partial charge >= 0.3 is 0 Å². The number of hydrogen-bond donors (Lipinski definition) is 11. The van der Waals surface area contributed by atoms with Crippen molar-refractivity contribution in [2.24, 2.45) is 29.4 Å². The molecular weight excluding hydrogens is 1070 g/mol. The van der Waals surface area contributed by atoms with Crippen molar-refractivity contribution in [1.82, 2.24) is 52.3 Å². The highest BCUT2D eigenvalue weighted by Gasteiger charge is 2.42. The summed E-state index contributed by atoms with van der Waals surface area (Å²) in [6, 6.07) is -8.09. The number of aliphatic hydroxyl groups excluding tert-OH is 2. The molecule has 83 heavy (non-hydrogen) atoms. The van der Waals surface area contributed by atoms with E-state index in [4.69, 9.17) is 5.73 Å². The number of likely N-dealkylation sites (tertiary alicyclic amines) is 1. The van der Waals surface area contributed by atoms with Crippen molar-refractivity contribution in [3.05, 3.63) is 0 Å². The van der Waals surface area contributed by atoms with Crippen molar-refractivity contribution in [3.63, 3.8) is 0 Å². The molecule has 0 aromatic rings. The van der Waals surface area contributed by atoms with Crippen molar-refractivity contribution in [2.75, 3.05) is 33.3 Å². The average Bonchev–Trinajstić information content (AvgIpc) is 4.06. The molecule has 12 N–H and O–H groups in total. The normalized spacial score (nSPS) is 17.7. The number of nitrogens with one attached hydrogen (secondary N) is 8. The van der Waals surface area contributed by atoms with Gasteiger partial charge in [0.2, 0.25) is 53.2 Å². The van der Waals surface area contributed by atoms with Gasteiger partial charge < -0.3 is 68.3 Å². The van der Waals surface area contributed by atoms with E-state index in [-0.39, 0.29) is 50.0 Å². The van der Waals surface area contributed by atoms with Gasteiger partial charge in [0, 0.05) is 38.5 Å². The number of carbonyl (C=O) groups excluding carboxylic acids is 10. The highest BCUT2D eigenvalue weighted by atomic mass is 16.3. The first-order valence-corrected chi connectivity index (χ1v) is 30.7. The third-order valence-corrected chi connectivity index (χ3v) is 15.9. The molecule has 9 amide bonds. The Morgan fingerprint density at radius 3 is 1.75 bits per heavy atom. The van der Waals surface area contributed by atoms with Gasteiger partial charge in [-0.1, -0.05) is 114 Å². The zero-order valence-electron chi connectivity index (χ0n) is 53.4. The second-order valence-corrected chi connectivity index (χ2v) is 25.0. The molecule has 3 unspecified atom stereocenters. The minimum atomic E-state index is -1.57. The third-order valence-electron chi connectivity index (χ3n) is 15.9. The van der Waals surface area contributed by atoms with E-state index < -0.39 is 130 Å². The Balaban J connectivity index is 3.31. The lowest BCUT2D eigenvalue weighted by molar-refractivity contribution is -0.140. The molecule has 1 heterocycles. The summed E-state index contributed by atoms with van der Waals surface area (Å²) in [6.07, 6.45) is 7.75. The Bertz CT molecular complexity index is 2110. The first-order chi connectivity index (χ1) is 38.7.